The molecule has 476 valence electrons. The number of aromatic nitrogens is 6. The second kappa shape index (κ2) is 34.1. The van der Waals surface area contributed by atoms with Gasteiger partial charge in [-0.3, -0.25) is 37.3 Å². The van der Waals surface area contributed by atoms with Crippen LogP contribution in [-0.4, -0.2) is 310 Å². The monoisotopic (exact) mass is 1530 g/mol. The number of anilines is 4. The molecule has 0 atom stereocenters. The van der Waals surface area contributed by atoms with Crippen molar-refractivity contribution in [1.29, 1.82) is 0 Å². The van der Waals surface area contributed by atoms with Gasteiger partial charge in [0.25, 0.3) is 60.7 Å². The molecular formula is C46H34Cl2N14Na6O22S6. The summed E-state index contributed by atoms with van der Waals surface area (Å²) in [5, 5.41) is 41.0. The van der Waals surface area contributed by atoms with Gasteiger partial charge in [-0.2, -0.15) is 80.7 Å². The van der Waals surface area contributed by atoms with Gasteiger partial charge in [0.1, 0.15) is 42.5 Å². The number of nitrogens with one attached hydrogen (secondary N) is 4. The van der Waals surface area contributed by atoms with Crippen molar-refractivity contribution >= 4 is 340 Å². The Morgan fingerprint density at radius 2 is 0.740 bits per heavy atom. The van der Waals surface area contributed by atoms with E-state index in [2.05, 4.69) is 71.0 Å². The SMILES string of the molecule is COc1ccc(N=Nc2c(S(=O)(=O)O)cc3cc(S(=O)(=O)O)cc(N=c4nc(Nc5ccc(Nc6nc(Cl)[nH]c(=Nc7cc(S(=O)(=O)O)cc8cc(S(=O)(=O)O)c(N=Nc9ccc(OC)c(S(=O)(=O)O)c9)c(O)c78)n6)cc5)nc(Cl)[nH]4)c3c2O)cc1S(=O)(=O)O.[Na].[Na].[Na].[Na].[Na].[Na]. The molecule has 7 aromatic carbocycles. The Morgan fingerprint density at radius 1 is 0.417 bits per heavy atom. The number of halogens is 2. The van der Waals surface area contributed by atoms with Crippen LogP contribution in [-0.2, 0) is 60.7 Å². The van der Waals surface area contributed by atoms with Crippen LogP contribution in [0.1, 0.15) is 0 Å². The Bertz CT molecular complexity index is 5170. The molecule has 2 aromatic heterocycles. The van der Waals surface area contributed by atoms with Gasteiger partial charge in [0, 0.05) is 189 Å². The number of hydrogen-bond donors (Lipinski definition) is 12. The van der Waals surface area contributed by atoms with Gasteiger partial charge in [0.05, 0.1) is 57.5 Å². The predicted molar refractivity (Wildman–Crippen MR) is 345 cm³/mol. The van der Waals surface area contributed by atoms with E-state index in [-0.39, 0.29) is 223 Å². The maximum absolute atomic E-state index is 12.7. The fraction of sp³-hybridized carbons (Fsp3) is 0.0435. The van der Waals surface area contributed by atoms with Gasteiger partial charge in [-0.05, 0) is 131 Å². The Morgan fingerprint density at radius 3 is 1.03 bits per heavy atom. The number of phenolic OH excluding ortho intramolecular Hbond substituents is 2. The third kappa shape index (κ3) is 20.9. The van der Waals surface area contributed by atoms with Crippen LogP contribution in [0.4, 0.5) is 57.4 Å². The molecule has 96 heavy (non-hydrogen) atoms. The summed E-state index contributed by atoms with van der Waals surface area (Å²) in [4.78, 5) is 24.2. The Hall–Kier alpha value is -3.28. The van der Waals surface area contributed by atoms with Crippen LogP contribution in [0.3, 0.4) is 0 Å². The average molecular weight is 1540 g/mol. The summed E-state index contributed by atoms with van der Waals surface area (Å²) in [5.74, 6) is -3.53. The van der Waals surface area contributed by atoms with Gasteiger partial charge in [0.15, 0.2) is 11.5 Å². The number of aromatic amines is 2. The summed E-state index contributed by atoms with van der Waals surface area (Å²) in [6, 6.07) is 15.8. The molecule has 0 amide bonds. The summed E-state index contributed by atoms with van der Waals surface area (Å²) in [5.41, 5.74) is -4.43. The van der Waals surface area contributed by atoms with Gasteiger partial charge in [0.2, 0.25) is 33.7 Å². The number of methoxy groups -OCH3 is 2. The number of ether oxygens (including phenoxy) is 2. The van der Waals surface area contributed by atoms with Crippen LogP contribution >= 0.6 is 23.2 Å². The second-order valence-electron chi connectivity index (χ2n) is 17.8. The molecule has 50 heteroatoms. The molecule has 0 bridgehead atoms. The smallest absolute Gasteiger partial charge is 0.298 e. The Kier molecular flexibility index (Phi) is 30.9. The van der Waals surface area contributed by atoms with Gasteiger partial charge >= 0.3 is 0 Å². The number of rotatable bonds is 18. The fourth-order valence-electron chi connectivity index (χ4n) is 8.09. The van der Waals surface area contributed by atoms with E-state index < -0.39 is 168 Å². The van der Waals surface area contributed by atoms with Crippen molar-refractivity contribution in [1.82, 2.24) is 29.9 Å². The van der Waals surface area contributed by atoms with Crippen LogP contribution < -0.4 is 31.3 Å². The molecule has 2 heterocycles. The third-order valence-corrected chi connectivity index (χ3v) is 17.4. The van der Waals surface area contributed by atoms with Gasteiger partial charge < -0.3 is 30.3 Å². The van der Waals surface area contributed by atoms with Gasteiger partial charge in [-0.15, -0.1) is 10.2 Å². The number of hydrogen-bond acceptors (Lipinski definition) is 28. The second-order valence-corrected chi connectivity index (χ2v) is 26.9. The van der Waals surface area contributed by atoms with Crippen LogP contribution in [0.5, 0.6) is 23.0 Å². The van der Waals surface area contributed by atoms with Crippen molar-refractivity contribution in [2.75, 3.05) is 24.9 Å². The minimum Gasteiger partial charge on any atom is -0.505 e. The molecule has 0 aliphatic carbocycles. The van der Waals surface area contributed by atoms with E-state index in [1.165, 1.54) is 24.3 Å². The minimum absolute atomic E-state index is 0. The molecule has 0 spiro atoms. The van der Waals surface area contributed by atoms with Crippen molar-refractivity contribution in [3.8, 4) is 23.0 Å². The quantitative estimate of drug-likeness (QED) is 0.0307. The zero-order valence-corrected chi connectivity index (χ0v) is 68.6. The molecule has 0 saturated carbocycles. The molecule has 0 aliphatic rings. The standard InChI is InChI=1S/C46H34Cl2N14O22S6.6Na/c1-83-29-9-7-23(15-31(29)87(71,72)73)59-61-37-33(89(77,78)79)13-19-11-25(85(65,66)67)17-27(35(19)39(37)63)51-45-55-41(47)53-43(57-45)49-21-3-5-22(6-4-21)50-44-54-42(48)56-46(58-44)52-28-18-26(86(68,69)70)12-20-14-34(90(80,81)82)38(40(64)36(20)28)62-60-24-8-10-30(84-2)32(16-24)88(74,75)76;;;;;;/h3-18,63-64H,1-2H3,(H,65,66,67)(H,68,69,70)(H,71,72,73)(H,74,75,76)(H,77,78,79)(H,80,81,82)(H2,49,51,53,55,57)(H2,50,52,54,56,58);;;;;;. The summed E-state index contributed by atoms with van der Waals surface area (Å²) >= 11 is 12.6. The van der Waals surface area contributed by atoms with E-state index in [0.29, 0.717) is 24.3 Å². The van der Waals surface area contributed by atoms with E-state index in [1.807, 2.05) is 0 Å². The van der Waals surface area contributed by atoms with Crippen molar-refractivity contribution in [2.24, 2.45) is 30.4 Å². The predicted octanol–water partition coefficient (Wildman–Crippen LogP) is 4.94. The fourth-order valence-corrected chi connectivity index (χ4v) is 12.2. The number of azo groups is 2. The van der Waals surface area contributed by atoms with Crippen LogP contribution in [0.25, 0.3) is 21.5 Å². The number of H-pyrrole nitrogens is 2. The average Bonchev–Trinajstić information content (AvgIpc) is 0.754. The Balaban J connectivity index is 0.00000400. The largest absolute Gasteiger partial charge is 0.505 e. The van der Waals surface area contributed by atoms with E-state index in [9.17, 15) is 88.0 Å². The molecular weight excluding hydrogens is 1500 g/mol. The molecule has 0 saturated heterocycles. The van der Waals surface area contributed by atoms with Gasteiger partial charge in [-0.25, -0.2) is 9.98 Å². The number of phenols is 2. The zero-order chi connectivity index (χ0) is 65.8. The first-order valence-corrected chi connectivity index (χ1v) is 33.0. The number of nitrogens with zero attached hydrogens (tertiary/aromatic N) is 10. The first-order valence-electron chi connectivity index (χ1n) is 23.6. The number of fused-ring (bicyclic) bond motifs is 2. The molecule has 0 fully saturated rings. The van der Waals surface area contributed by atoms with Crippen molar-refractivity contribution < 1.29 is 97.5 Å². The van der Waals surface area contributed by atoms with E-state index in [4.69, 9.17) is 32.7 Å². The van der Waals surface area contributed by atoms with E-state index >= 15 is 0 Å². The summed E-state index contributed by atoms with van der Waals surface area (Å²) in [6.07, 6.45) is 0. The Labute approximate surface area is 684 Å². The van der Waals surface area contributed by atoms with Crippen LogP contribution in [0.15, 0.2) is 157 Å². The first kappa shape index (κ1) is 86.9. The zero-order valence-electron chi connectivity index (χ0n) is 50.2. The van der Waals surface area contributed by atoms with Crippen LogP contribution in [0, 0.1) is 0 Å². The normalized spacial score (nSPS) is 12.4. The molecule has 36 nitrogen and oxygen atoms in total. The summed E-state index contributed by atoms with van der Waals surface area (Å²) in [7, 11) is -28.7. The van der Waals surface area contributed by atoms with E-state index in [0.717, 1.165) is 62.8 Å². The molecule has 0 aliphatic heterocycles. The topological polar surface area (TPSA) is 567 Å². The maximum atomic E-state index is 12.7. The molecule has 9 aromatic rings. The minimum atomic E-state index is -5.37. The van der Waals surface area contributed by atoms with Crippen molar-refractivity contribution in [3.63, 3.8) is 0 Å². The third-order valence-electron chi connectivity index (χ3n) is 11.8. The van der Waals surface area contributed by atoms with Crippen LogP contribution in [0.2, 0.25) is 10.6 Å². The van der Waals surface area contributed by atoms with Crippen molar-refractivity contribution in [2.45, 2.75) is 29.4 Å². The number of aromatic hydroxyl groups is 2. The molecule has 0 unspecified atom stereocenters. The van der Waals surface area contributed by atoms with Gasteiger partial charge in [-0.1, -0.05) is 0 Å². The number of benzene rings is 7. The van der Waals surface area contributed by atoms with E-state index in [1.54, 1.807) is 0 Å². The molecule has 9 rings (SSSR count). The first-order chi connectivity index (χ1) is 41.9. The maximum Gasteiger partial charge on any atom is 0.298 e. The molecule has 12 N–H and O–H groups in total. The summed E-state index contributed by atoms with van der Waals surface area (Å²) in [6.45, 7) is 0. The molecule has 6 radical (unpaired) electrons. The van der Waals surface area contributed by atoms with Crippen molar-refractivity contribution in [3.05, 3.63) is 119 Å². The summed E-state index contributed by atoms with van der Waals surface area (Å²) < 4.78 is 218.